The van der Waals surface area contributed by atoms with Crippen molar-refractivity contribution < 1.29 is 23.1 Å². The molecule has 1 N–H and O–H groups in total. The summed E-state index contributed by atoms with van der Waals surface area (Å²) in [6, 6.07) is 9.51. The summed E-state index contributed by atoms with van der Waals surface area (Å²) >= 11 is 5.94. The van der Waals surface area contributed by atoms with Crippen LogP contribution in [0.15, 0.2) is 55.4 Å². The molecule has 0 radical (unpaired) electrons. The topological polar surface area (TPSA) is 55.1 Å². The van der Waals surface area contributed by atoms with Gasteiger partial charge in [0.1, 0.15) is 0 Å². The molecule has 0 atom stereocenters. The van der Waals surface area contributed by atoms with Crippen LogP contribution in [-0.2, 0) is 12.6 Å². The molecule has 1 heterocycles. The minimum absolute atomic E-state index is 0.133. The van der Waals surface area contributed by atoms with Crippen molar-refractivity contribution in [2.24, 2.45) is 0 Å². The Morgan fingerprint density at radius 2 is 1.96 bits per heavy atom. The zero-order valence-corrected chi connectivity index (χ0v) is 15.1. The van der Waals surface area contributed by atoms with Crippen molar-refractivity contribution in [3.63, 3.8) is 0 Å². The molecule has 0 aliphatic heterocycles. The minimum Gasteiger partial charge on any atom is -0.478 e. The Labute approximate surface area is 163 Å². The first kappa shape index (κ1) is 19.7. The van der Waals surface area contributed by atoms with Gasteiger partial charge in [-0.3, -0.25) is 0 Å². The van der Waals surface area contributed by atoms with Gasteiger partial charge in [0, 0.05) is 18.0 Å². The van der Waals surface area contributed by atoms with E-state index in [4.69, 9.17) is 11.6 Å². The van der Waals surface area contributed by atoms with E-state index in [1.807, 2.05) is 0 Å². The predicted molar refractivity (Wildman–Crippen MR) is 99.9 cm³/mol. The zero-order chi connectivity index (χ0) is 20.5. The highest BCUT2D eigenvalue weighted by molar-refractivity contribution is 6.33. The molecule has 0 aliphatic rings. The number of carboxylic acid groups (broad SMARTS) is 1. The normalized spacial score (nSPS) is 11.4. The fourth-order valence-electron chi connectivity index (χ4n) is 2.95. The summed E-state index contributed by atoms with van der Waals surface area (Å²) in [6.45, 7) is 3.38. The number of hydrogen-bond donors (Lipinski definition) is 1. The van der Waals surface area contributed by atoms with Crippen LogP contribution in [-0.4, -0.2) is 20.9 Å². The number of nitrogens with zero attached hydrogens (tertiary/aromatic N) is 2. The maximum absolute atomic E-state index is 13.6. The van der Waals surface area contributed by atoms with E-state index in [0.717, 1.165) is 17.8 Å². The van der Waals surface area contributed by atoms with E-state index in [0.29, 0.717) is 5.56 Å². The monoisotopic (exact) mass is 406 g/mol. The van der Waals surface area contributed by atoms with Crippen molar-refractivity contribution in [1.82, 2.24) is 9.78 Å². The Kier molecular flexibility index (Phi) is 5.29. The Morgan fingerprint density at radius 1 is 1.29 bits per heavy atom. The summed E-state index contributed by atoms with van der Waals surface area (Å²) < 4.78 is 42.5. The third-order valence-electron chi connectivity index (χ3n) is 4.20. The van der Waals surface area contributed by atoms with Gasteiger partial charge in [-0.05, 0) is 41.8 Å². The van der Waals surface area contributed by atoms with Crippen molar-refractivity contribution in [2.75, 3.05) is 0 Å². The second-order valence-corrected chi connectivity index (χ2v) is 6.36. The van der Waals surface area contributed by atoms with E-state index in [9.17, 15) is 23.1 Å². The first-order chi connectivity index (χ1) is 13.2. The predicted octanol–water partition coefficient (Wildman–Crippen LogP) is 5.48. The number of alkyl halides is 3. The zero-order valence-electron chi connectivity index (χ0n) is 14.4. The van der Waals surface area contributed by atoms with Gasteiger partial charge in [-0.2, -0.15) is 18.3 Å². The minimum atomic E-state index is -4.74. The number of aromatic carboxylic acids is 1. The largest absolute Gasteiger partial charge is 0.478 e. The van der Waals surface area contributed by atoms with E-state index in [2.05, 4.69) is 11.7 Å². The van der Waals surface area contributed by atoms with Gasteiger partial charge in [-0.15, -0.1) is 0 Å². The average Bonchev–Trinajstić information content (AvgIpc) is 3.15. The molecule has 1 aromatic heterocycles. The fourth-order valence-corrected chi connectivity index (χ4v) is 3.36. The quantitative estimate of drug-likeness (QED) is 0.610. The molecule has 0 spiro atoms. The fraction of sp³-hybridized carbons (Fsp3) is 0.100. The van der Waals surface area contributed by atoms with Crippen LogP contribution in [0, 0.1) is 0 Å². The van der Waals surface area contributed by atoms with Crippen LogP contribution in [0.5, 0.6) is 0 Å². The summed E-state index contributed by atoms with van der Waals surface area (Å²) in [6.07, 6.45) is -0.505. The number of carbonyl (C=O) groups is 1. The SMILES string of the molecule is C=Cc1c(C(=O)O)cc(Cc2ccc(-n3cccn3)cc2)c(C(F)(F)F)c1Cl. The second kappa shape index (κ2) is 7.52. The molecule has 28 heavy (non-hydrogen) atoms. The molecule has 3 rings (SSSR count). The third kappa shape index (κ3) is 3.80. The first-order valence-electron chi connectivity index (χ1n) is 8.09. The summed E-state index contributed by atoms with van der Waals surface area (Å²) in [5.41, 5.74) is -0.524. The smallest absolute Gasteiger partial charge is 0.418 e. The molecule has 4 nitrogen and oxygen atoms in total. The first-order valence-corrected chi connectivity index (χ1v) is 8.47. The summed E-state index contributed by atoms with van der Waals surface area (Å²) in [7, 11) is 0. The van der Waals surface area contributed by atoms with Gasteiger partial charge in [0.15, 0.2) is 0 Å². The molecule has 0 bridgehead atoms. The number of halogens is 4. The van der Waals surface area contributed by atoms with E-state index in [1.165, 1.54) is 0 Å². The highest BCUT2D eigenvalue weighted by Gasteiger charge is 2.38. The van der Waals surface area contributed by atoms with Crippen LogP contribution in [0.25, 0.3) is 11.8 Å². The number of aromatic nitrogens is 2. The van der Waals surface area contributed by atoms with Crippen molar-refractivity contribution in [1.29, 1.82) is 0 Å². The van der Waals surface area contributed by atoms with Gasteiger partial charge in [0.2, 0.25) is 0 Å². The van der Waals surface area contributed by atoms with Crippen molar-refractivity contribution in [2.45, 2.75) is 12.6 Å². The summed E-state index contributed by atoms with van der Waals surface area (Å²) in [4.78, 5) is 11.5. The Balaban J connectivity index is 2.07. The Bertz CT molecular complexity index is 1030. The molecular weight excluding hydrogens is 393 g/mol. The van der Waals surface area contributed by atoms with Crippen molar-refractivity contribution >= 4 is 23.6 Å². The number of hydrogen-bond acceptors (Lipinski definition) is 2. The lowest BCUT2D eigenvalue weighted by molar-refractivity contribution is -0.138. The second-order valence-electron chi connectivity index (χ2n) is 5.99. The molecule has 0 fully saturated rings. The molecule has 0 amide bonds. The van der Waals surface area contributed by atoms with Crippen molar-refractivity contribution in [3.8, 4) is 5.69 Å². The number of carboxylic acids is 1. The number of benzene rings is 2. The van der Waals surface area contributed by atoms with Gasteiger partial charge in [-0.25, -0.2) is 9.48 Å². The maximum Gasteiger partial charge on any atom is 0.418 e. The number of rotatable bonds is 5. The van der Waals surface area contributed by atoms with Crippen LogP contribution in [0.3, 0.4) is 0 Å². The van der Waals surface area contributed by atoms with Crippen LogP contribution in [0.4, 0.5) is 13.2 Å². The lowest BCUT2D eigenvalue weighted by Crippen LogP contribution is -2.14. The highest BCUT2D eigenvalue weighted by Crippen LogP contribution is 2.41. The third-order valence-corrected chi connectivity index (χ3v) is 4.60. The van der Waals surface area contributed by atoms with Crippen LogP contribution < -0.4 is 0 Å². The Morgan fingerprint density at radius 3 is 2.46 bits per heavy atom. The van der Waals surface area contributed by atoms with Crippen molar-refractivity contribution in [3.05, 3.63) is 88.2 Å². The van der Waals surface area contributed by atoms with Gasteiger partial charge in [0.05, 0.1) is 21.8 Å². The molecule has 3 aromatic rings. The molecule has 0 unspecified atom stereocenters. The van der Waals surface area contributed by atoms with Crippen LogP contribution in [0.2, 0.25) is 5.02 Å². The van der Waals surface area contributed by atoms with Gasteiger partial charge in [-0.1, -0.05) is 36.4 Å². The molecule has 0 saturated carbocycles. The van der Waals surface area contributed by atoms with E-state index in [-0.39, 0.29) is 23.1 Å². The molecule has 2 aromatic carbocycles. The lowest BCUT2D eigenvalue weighted by atomic mass is 9.93. The lowest BCUT2D eigenvalue weighted by Gasteiger charge is -2.18. The molecule has 144 valence electrons. The van der Waals surface area contributed by atoms with Gasteiger partial charge in [0.25, 0.3) is 0 Å². The Hall–Kier alpha value is -3.06. The molecule has 0 saturated heterocycles. The molecular formula is C20H14ClF3N2O2. The van der Waals surface area contributed by atoms with Crippen LogP contribution >= 0.6 is 11.6 Å². The average molecular weight is 407 g/mol. The molecule has 8 heteroatoms. The van der Waals surface area contributed by atoms with Gasteiger partial charge >= 0.3 is 12.1 Å². The van der Waals surface area contributed by atoms with Crippen LogP contribution in [0.1, 0.15) is 32.6 Å². The summed E-state index contributed by atoms with van der Waals surface area (Å²) in [5.74, 6) is -1.37. The standard InChI is InChI=1S/C20H14ClF3N2O2/c1-2-15-16(19(27)28)11-13(17(18(15)21)20(22,23)24)10-12-4-6-14(7-5-12)26-9-3-8-25-26/h2-9,11H,1,10H2,(H,27,28). The molecule has 0 aliphatic carbocycles. The van der Waals surface area contributed by atoms with E-state index >= 15 is 0 Å². The summed E-state index contributed by atoms with van der Waals surface area (Å²) in [5, 5.41) is 12.8. The highest BCUT2D eigenvalue weighted by atomic mass is 35.5. The van der Waals surface area contributed by atoms with Gasteiger partial charge < -0.3 is 5.11 Å². The van der Waals surface area contributed by atoms with E-state index < -0.39 is 22.7 Å². The van der Waals surface area contributed by atoms with E-state index in [1.54, 1.807) is 47.4 Å². The maximum atomic E-state index is 13.6.